The Morgan fingerprint density at radius 3 is 2.06 bits per heavy atom. The zero-order valence-electron chi connectivity index (χ0n) is 28.5. The van der Waals surface area contributed by atoms with Gasteiger partial charge in [-0.3, -0.25) is 18.7 Å². The summed E-state index contributed by atoms with van der Waals surface area (Å²) in [6, 6.07) is 22.5. The Morgan fingerprint density at radius 1 is 0.857 bits per heavy atom. The van der Waals surface area contributed by atoms with Crippen molar-refractivity contribution >= 4 is 33.6 Å². The number of hydrogen-bond donors (Lipinski definition) is 4. The third kappa shape index (κ3) is 9.90. The molecule has 1 aliphatic carbocycles. The normalized spacial score (nSPS) is 16.7. The zero-order chi connectivity index (χ0) is 35.0. The number of hydrogen-bond acceptors (Lipinski definition) is 6. The van der Waals surface area contributed by atoms with E-state index in [0.717, 1.165) is 41.1 Å². The van der Waals surface area contributed by atoms with Crippen molar-refractivity contribution in [1.29, 1.82) is 0 Å². The third-order valence-electron chi connectivity index (χ3n) is 9.18. The molecule has 1 aliphatic heterocycles. The fourth-order valence-corrected chi connectivity index (χ4v) is 7.30. The first-order valence-electron chi connectivity index (χ1n) is 17.1. The highest BCUT2D eigenvalue weighted by atomic mass is 32.2. The maximum atomic E-state index is 14.0. The average molecular weight is 689 g/mol. The molecule has 0 spiro atoms. The summed E-state index contributed by atoms with van der Waals surface area (Å²) < 4.78 is 29.6. The van der Waals surface area contributed by atoms with E-state index in [1.165, 1.54) is 29.6 Å². The predicted molar refractivity (Wildman–Crippen MR) is 191 cm³/mol. The second-order valence-corrected chi connectivity index (χ2v) is 15.1. The molecule has 5 rings (SSSR count). The molecular weight excluding hydrogens is 641 g/mol. The van der Waals surface area contributed by atoms with Gasteiger partial charge >= 0.3 is 10.2 Å². The topological polar surface area (TPSA) is 140 Å². The fourth-order valence-electron chi connectivity index (χ4n) is 5.86. The van der Waals surface area contributed by atoms with Crippen LogP contribution in [-0.4, -0.2) is 75.8 Å². The lowest BCUT2D eigenvalue weighted by Gasteiger charge is -2.26. The van der Waals surface area contributed by atoms with E-state index in [2.05, 4.69) is 21.3 Å². The second kappa shape index (κ2) is 16.4. The van der Waals surface area contributed by atoms with E-state index in [1.54, 1.807) is 6.92 Å². The van der Waals surface area contributed by atoms with Crippen LogP contribution in [0.2, 0.25) is 0 Å². The van der Waals surface area contributed by atoms with Gasteiger partial charge in [-0.25, -0.2) is 0 Å². The van der Waals surface area contributed by atoms with Gasteiger partial charge in [0, 0.05) is 50.4 Å². The Morgan fingerprint density at radius 2 is 1.45 bits per heavy atom. The molecule has 262 valence electrons. The molecule has 3 aromatic rings. The smallest absolute Gasteiger partial charge is 0.303 e. The van der Waals surface area contributed by atoms with Gasteiger partial charge in [-0.05, 0) is 81.2 Å². The third-order valence-corrected chi connectivity index (χ3v) is 11.1. The molecule has 2 fully saturated rings. The first-order chi connectivity index (χ1) is 23.5. The molecule has 1 saturated carbocycles. The van der Waals surface area contributed by atoms with Gasteiger partial charge < -0.3 is 21.3 Å². The Balaban J connectivity index is 1.39. The lowest BCUT2D eigenvalue weighted by molar-refractivity contribution is -0.122. The van der Waals surface area contributed by atoms with Gasteiger partial charge in [-0.15, -0.1) is 0 Å². The van der Waals surface area contributed by atoms with Crippen molar-refractivity contribution in [1.82, 2.24) is 25.6 Å². The SMILES string of the molecule is C[C@H](NC[C@H](Cc1ccccc1)NC(=O)c1cc(C(=O)N[C@H](C)c2ccccc2)cc(N(C)S(=O)(=O)N2CCCC2)c1)C(=O)NCC1CC1. The van der Waals surface area contributed by atoms with Crippen LogP contribution in [0.15, 0.2) is 78.9 Å². The zero-order valence-corrected chi connectivity index (χ0v) is 29.3. The Bertz CT molecular complexity index is 1690. The number of benzene rings is 3. The maximum absolute atomic E-state index is 14.0. The van der Waals surface area contributed by atoms with Crippen molar-refractivity contribution in [2.24, 2.45) is 5.92 Å². The van der Waals surface area contributed by atoms with Gasteiger partial charge in [0.15, 0.2) is 0 Å². The minimum absolute atomic E-state index is 0.0907. The van der Waals surface area contributed by atoms with Gasteiger partial charge in [-0.2, -0.15) is 12.7 Å². The molecule has 1 heterocycles. The van der Waals surface area contributed by atoms with E-state index in [1.807, 2.05) is 67.6 Å². The molecule has 4 N–H and O–H groups in total. The van der Waals surface area contributed by atoms with Crippen LogP contribution in [0.1, 0.15) is 77.4 Å². The van der Waals surface area contributed by atoms with Gasteiger partial charge in [0.1, 0.15) is 0 Å². The fraction of sp³-hybridized carbons (Fsp3) is 0.432. The van der Waals surface area contributed by atoms with Crippen molar-refractivity contribution in [2.75, 3.05) is 37.5 Å². The number of carbonyl (C=O) groups excluding carboxylic acids is 3. The number of nitrogens with one attached hydrogen (secondary N) is 4. The molecule has 2 aliphatic rings. The van der Waals surface area contributed by atoms with Gasteiger partial charge in [-0.1, -0.05) is 60.7 Å². The van der Waals surface area contributed by atoms with Crippen LogP contribution in [0.5, 0.6) is 0 Å². The summed E-state index contributed by atoms with van der Waals surface area (Å²) in [6.45, 7) is 5.48. The van der Waals surface area contributed by atoms with E-state index in [9.17, 15) is 22.8 Å². The Hall–Kier alpha value is -4.26. The number of carbonyl (C=O) groups is 3. The minimum atomic E-state index is -3.88. The Kier molecular flexibility index (Phi) is 12.1. The minimum Gasteiger partial charge on any atom is -0.354 e. The highest BCUT2D eigenvalue weighted by molar-refractivity contribution is 7.90. The van der Waals surface area contributed by atoms with Crippen LogP contribution >= 0.6 is 0 Å². The van der Waals surface area contributed by atoms with Crippen molar-refractivity contribution < 1.29 is 22.8 Å². The van der Waals surface area contributed by atoms with Crippen molar-refractivity contribution in [3.8, 4) is 0 Å². The Labute approximate surface area is 290 Å². The molecular formula is C37H48N6O5S. The van der Waals surface area contributed by atoms with E-state index in [-0.39, 0.29) is 28.8 Å². The first kappa shape index (κ1) is 36.0. The summed E-state index contributed by atoms with van der Waals surface area (Å²) in [7, 11) is -2.44. The van der Waals surface area contributed by atoms with Crippen molar-refractivity contribution in [3.63, 3.8) is 0 Å². The molecule has 3 amide bonds. The average Bonchev–Trinajstić information content (AvgIpc) is 3.77. The predicted octanol–water partition coefficient (Wildman–Crippen LogP) is 3.80. The summed E-state index contributed by atoms with van der Waals surface area (Å²) in [5, 5.41) is 12.3. The van der Waals surface area contributed by atoms with Crippen LogP contribution < -0.4 is 25.6 Å². The lowest BCUT2D eigenvalue weighted by atomic mass is 10.0. The maximum Gasteiger partial charge on any atom is 0.303 e. The van der Waals surface area contributed by atoms with Crippen LogP contribution in [-0.2, 0) is 21.4 Å². The van der Waals surface area contributed by atoms with E-state index in [4.69, 9.17) is 0 Å². The molecule has 3 aromatic carbocycles. The number of rotatable bonds is 16. The van der Waals surface area contributed by atoms with Crippen molar-refractivity contribution in [2.45, 2.75) is 64.1 Å². The summed E-state index contributed by atoms with van der Waals surface area (Å²) in [5.41, 5.74) is 2.42. The molecule has 49 heavy (non-hydrogen) atoms. The van der Waals surface area contributed by atoms with Crippen LogP contribution in [0.4, 0.5) is 5.69 Å². The lowest BCUT2D eigenvalue weighted by Crippen LogP contribution is -2.49. The van der Waals surface area contributed by atoms with Gasteiger partial charge in [0.05, 0.1) is 17.8 Å². The second-order valence-electron chi connectivity index (χ2n) is 13.1. The van der Waals surface area contributed by atoms with Gasteiger partial charge in [0.2, 0.25) is 5.91 Å². The van der Waals surface area contributed by atoms with E-state index in [0.29, 0.717) is 38.5 Å². The van der Waals surface area contributed by atoms with Crippen LogP contribution in [0, 0.1) is 5.92 Å². The van der Waals surface area contributed by atoms with Crippen LogP contribution in [0.25, 0.3) is 0 Å². The first-order valence-corrected chi connectivity index (χ1v) is 18.5. The van der Waals surface area contributed by atoms with Gasteiger partial charge in [0.25, 0.3) is 11.8 Å². The number of anilines is 1. The quantitative estimate of drug-likeness (QED) is 0.181. The molecule has 0 aromatic heterocycles. The summed E-state index contributed by atoms with van der Waals surface area (Å²) >= 11 is 0. The standard InChI is InChI=1S/C37H48N6O5S/c1-26(30-14-8-5-9-15-30)40-36(45)31-21-32(23-34(22-31)42(3)49(47,48)43-18-10-11-19-43)37(46)41-33(20-28-12-6-4-7-13-28)25-38-27(2)35(44)39-24-29-16-17-29/h4-9,12-15,21-23,26-27,29,33,38H,10-11,16-20,24-25H2,1-3H3,(H,39,44)(H,40,45)(H,41,46)/t26-,27+,33+/m1/s1. The van der Waals surface area contributed by atoms with Crippen molar-refractivity contribution in [3.05, 3.63) is 101 Å². The molecule has 1 saturated heterocycles. The number of amides is 3. The number of nitrogens with zero attached hydrogens (tertiary/aromatic N) is 2. The van der Waals surface area contributed by atoms with Crippen LogP contribution in [0.3, 0.4) is 0 Å². The molecule has 11 nitrogen and oxygen atoms in total. The summed E-state index contributed by atoms with van der Waals surface area (Å²) in [4.78, 5) is 40.3. The van der Waals surface area contributed by atoms with E-state index < -0.39 is 34.1 Å². The largest absolute Gasteiger partial charge is 0.354 e. The monoisotopic (exact) mass is 688 g/mol. The molecule has 12 heteroatoms. The highest BCUT2D eigenvalue weighted by Crippen LogP contribution is 2.28. The summed E-state index contributed by atoms with van der Waals surface area (Å²) in [5.74, 6) is -0.428. The molecule has 0 radical (unpaired) electrons. The van der Waals surface area contributed by atoms with E-state index >= 15 is 0 Å². The summed E-state index contributed by atoms with van der Waals surface area (Å²) in [6.07, 6.45) is 4.32. The molecule has 0 bridgehead atoms. The highest BCUT2D eigenvalue weighted by Gasteiger charge is 2.31. The molecule has 3 atom stereocenters. The molecule has 0 unspecified atom stereocenters.